The van der Waals surface area contributed by atoms with E-state index in [1.807, 2.05) is 24.3 Å². The number of likely N-dealkylation sites (tertiary alicyclic amines) is 1. The van der Waals surface area contributed by atoms with E-state index in [1.54, 1.807) is 7.11 Å². The maximum Gasteiger partial charge on any atom is 0.118 e. The minimum Gasteiger partial charge on any atom is -0.497 e. The molecule has 1 aliphatic rings. The fourth-order valence-corrected chi connectivity index (χ4v) is 2.79. The zero-order valence-corrected chi connectivity index (χ0v) is 12.0. The zero-order chi connectivity index (χ0) is 13.7. The Hall–Kier alpha value is -1.06. The van der Waals surface area contributed by atoms with Gasteiger partial charge in [-0.1, -0.05) is 19.1 Å². The Bertz CT molecular complexity index is 377. The number of piperidine rings is 1. The zero-order valence-electron chi connectivity index (χ0n) is 12.0. The van der Waals surface area contributed by atoms with Crippen LogP contribution in [0.1, 0.15) is 37.9 Å². The van der Waals surface area contributed by atoms with Crippen molar-refractivity contribution >= 4 is 0 Å². The second-order valence-electron chi connectivity index (χ2n) is 5.63. The van der Waals surface area contributed by atoms with Crippen molar-refractivity contribution in [2.45, 2.75) is 32.3 Å². The third-order valence-corrected chi connectivity index (χ3v) is 3.96. The lowest BCUT2D eigenvalue weighted by Crippen LogP contribution is -2.35. The second-order valence-corrected chi connectivity index (χ2v) is 5.63. The van der Waals surface area contributed by atoms with Gasteiger partial charge in [0.1, 0.15) is 5.75 Å². The van der Waals surface area contributed by atoms with E-state index in [4.69, 9.17) is 4.74 Å². The number of aliphatic hydroxyl groups is 1. The average molecular weight is 263 g/mol. The van der Waals surface area contributed by atoms with Gasteiger partial charge in [-0.25, -0.2) is 0 Å². The van der Waals surface area contributed by atoms with E-state index >= 15 is 0 Å². The predicted molar refractivity (Wildman–Crippen MR) is 77.4 cm³/mol. The van der Waals surface area contributed by atoms with Gasteiger partial charge in [-0.15, -0.1) is 0 Å². The normalized spacial score (nSPS) is 22.2. The van der Waals surface area contributed by atoms with Crippen molar-refractivity contribution in [3.63, 3.8) is 0 Å². The average Bonchev–Trinajstić information content (AvgIpc) is 2.45. The Balaban J connectivity index is 1.81. The molecule has 3 heteroatoms. The van der Waals surface area contributed by atoms with Gasteiger partial charge in [0, 0.05) is 13.1 Å². The molecule has 0 aliphatic carbocycles. The molecule has 1 aromatic carbocycles. The molecular formula is C16H25NO2. The van der Waals surface area contributed by atoms with Crippen LogP contribution in [0.5, 0.6) is 5.75 Å². The lowest BCUT2D eigenvalue weighted by atomic mass is 9.99. The summed E-state index contributed by atoms with van der Waals surface area (Å²) in [6.45, 7) is 5.65. The van der Waals surface area contributed by atoms with Crippen LogP contribution in [-0.2, 0) is 0 Å². The first-order valence-electron chi connectivity index (χ1n) is 7.23. The number of rotatable bonds is 5. The topological polar surface area (TPSA) is 32.7 Å². The number of aliphatic hydroxyl groups excluding tert-OH is 1. The quantitative estimate of drug-likeness (QED) is 0.886. The number of hydrogen-bond donors (Lipinski definition) is 1. The van der Waals surface area contributed by atoms with Crippen LogP contribution in [0.15, 0.2) is 24.3 Å². The largest absolute Gasteiger partial charge is 0.497 e. The molecule has 2 rings (SSSR count). The van der Waals surface area contributed by atoms with Crippen molar-refractivity contribution in [2.24, 2.45) is 5.92 Å². The summed E-state index contributed by atoms with van der Waals surface area (Å²) in [6.07, 6.45) is 3.07. The van der Waals surface area contributed by atoms with Crippen LogP contribution >= 0.6 is 0 Å². The van der Waals surface area contributed by atoms with Crippen molar-refractivity contribution < 1.29 is 9.84 Å². The van der Waals surface area contributed by atoms with Crippen LogP contribution in [0.3, 0.4) is 0 Å². The lowest BCUT2D eigenvalue weighted by Gasteiger charge is -2.31. The molecular weight excluding hydrogens is 238 g/mol. The van der Waals surface area contributed by atoms with Gasteiger partial charge >= 0.3 is 0 Å². The van der Waals surface area contributed by atoms with Gasteiger partial charge in [0.05, 0.1) is 13.2 Å². The third kappa shape index (κ3) is 4.22. The maximum atomic E-state index is 10.2. The molecule has 1 N–H and O–H groups in total. The number of benzene rings is 1. The standard InChI is InChI=1S/C16H25NO2/c1-13-4-3-10-17(12-13)11-9-16(18)14-5-7-15(19-2)8-6-14/h5-8,13,16,18H,3-4,9-12H2,1-2H3. The Morgan fingerprint density at radius 2 is 2.11 bits per heavy atom. The minimum atomic E-state index is -0.372. The Labute approximate surface area is 116 Å². The molecule has 0 saturated carbocycles. The van der Waals surface area contributed by atoms with Crippen molar-refractivity contribution in [1.29, 1.82) is 0 Å². The smallest absolute Gasteiger partial charge is 0.118 e. The summed E-state index contributed by atoms with van der Waals surface area (Å²) in [5, 5.41) is 10.2. The van der Waals surface area contributed by atoms with Gasteiger partial charge in [-0.05, 0) is 49.4 Å². The maximum absolute atomic E-state index is 10.2. The fraction of sp³-hybridized carbons (Fsp3) is 0.625. The summed E-state index contributed by atoms with van der Waals surface area (Å²) in [5.74, 6) is 1.63. The fourth-order valence-electron chi connectivity index (χ4n) is 2.79. The van der Waals surface area contributed by atoms with E-state index in [9.17, 15) is 5.11 Å². The van der Waals surface area contributed by atoms with Crippen molar-refractivity contribution in [1.82, 2.24) is 4.90 Å². The van der Waals surface area contributed by atoms with E-state index in [0.717, 1.165) is 30.2 Å². The molecule has 0 bridgehead atoms. The molecule has 19 heavy (non-hydrogen) atoms. The summed E-state index contributed by atoms with van der Waals surface area (Å²) >= 11 is 0. The first-order valence-corrected chi connectivity index (χ1v) is 7.23. The summed E-state index contributed by atoms with van der Waals surface area (Å²) in [5.41, 5.74) is 0.978. The van der Waals surface area contributed by atoms with Gasteiger partial charge in [0.15, 0.2) is 0 Å². The van der Waals surface area contributed by atoms with Gasteiger partial charge in [-0.2, -0.15) is 0 Å². The molecule has 2 atom stereocenters. The van der Waals surface area contributed by atoms with Crippen LogP contribution < -0.4 is 4.74 Å². The molecule has 1 fully saturated rings. The van der Waals surface area contributed by atoms with Gasteiger partial charge < -0.3 is 14.7 Å². The van der Waals surface area contributed by atoms with Crippen LogP contribution in [0.2, 0.25) is 0 Å². The number of ether oxygens (including phenoxy) is 1. The summed E-state index contributed by atoms with van der Waals surface area (Å²) < 4.78 is 5.13. The highest BCUT2D eigenvalue weighted by atomic mass is 16.5. The van der Waals surface area contributed by atoms with E-state index < -0.39 is 0 Å². The van der Waals surface area contributed by atoms with Crippen LogP contribution in [0.25, 0.3) is 0 Å². The predicted octanol–water partition coefficient (Wildman–Crippen LogP) is 2.85. The van der Waals surface area contributed by atoms with Crippen molar-refractivity contribution in [3.8, 4) is 5.75 Å². The van der Waals surface area contributed by atoms with E-state index in [2.05, 4.69) is 11.8 Å². The molecule has 1 saturated heterocycles. The molecule has 106 valence electrons. The van der Waals surface area contributed by atoms with Gasteiger partial charge in [0.2, 0.25) is 0 Å². The molecule has 0 aromatic heterocycles. The molecule has 0 spiro atoms. The van der Waals surface area contributed by atoms with Gasteiger partial charge in [-0.3, -0.25) is 0 Å². The lowest BCUT2D eigenvalue weighted by molar-refractivity contribution is 0.122. The first-order chi connectivity index (χ1) is 9.19. The summed E-state index contributed by atoms with van der Waals surface area (Å²) in [7, 11) is 1.66. The van der Waals surface area contributed by atoms with E-state index in [-0.39, 0.29) is 6.10 Å². The molecule has 3 nitrogen and oxygen atoms in total. The van der Waals surface area contributed by atoms with Gasteiger partial charge in [0.25, 0.3) is 0 Å². The Kier molecular flexibility index (Phi) is 5.23. The molecule has 0 radical (unpaired) electrons. The third-order valence-electron chi connectivity index (χ3n) is 3.96. The molecule has 1 aliphatic heterocycles. The van der Waals surface area contributed by atoms with Crippen LogP contribution in [-0.4, -0.2) is 36.8 Å². The minimum absolute atomic E-state index is 0.372. The van der Waals surface area contributed by atoms with Crippen molar-refractivity contribution in [3.05, 3.63) is 29.8 Å². The molecule has 1 aromatic rings. The summed E-state index contributed by atoms with van der Waals surface area (Å²) in [4.78, 5) is 2.47. The highest BCUT2D eigenvalue weighted by molar-refractivity contribution is 5.28. The summed E-state index contributed by atoms with van der Waals surface area (Å²) in [6, 6.07) is 7.70. The molecule has 0 amide bonds. The SMILES string of the molecule is COc1ccc(C(O)CCN2CCCC(C)C2)cc1. The van der Waals surface area contributed by atoms with Crippen molar-refractivity contribution in [2.75, 3.05) is 26.7 Å². The molecule has 1 heterocycles. The first kappa shape index (κ1) is 14.4. The highest BCUT2D eigenvalue weighted by Crippen LogP contribution is 2.22. The number of nitrogens with zero attached hydrogens (tertiary/aromatic N) is 1. The Morgan fingerprint density at radius 1 is 1.37 bits per heavy atom. The van der Waals surface area contributed by atoms with Crippen LogP contribution in [0.4, 0.5) is 0 Å². The number of hydrogen-bond acceptors (Lipinski definition) is 3. The molecule has 2 unspecified atom stereocenters. The monoisotopic (exact) mass is 263 g/mol. The number of methoxy groups -OCH3 is 1. The van der Waals surface area contributed by atoms with E-state index in [1.165, 1.54) is 25.9 Å². The Morgan fingerprint density at radius 3 is 2.74 bits per heavy atom. The van der Waals surface area contributed by atoms with E-state index in [0.29, 0.717) is 0 Å². The highest BCUT2D eigenvalue weighted by Gasteiger charge is 2.17. The van der Waals surface area contributed by atoms with Crippen LogP contribution in [0, 0.1) is 5.92 Å². The second kappa shape index (κ2) is 6.92.